The molecule has 0 spiro atoms. The van der Waals surface area contributed by atoms with Gasteiger partial charge in [0.15, 0.2) is 0 Å². The Morgan fingerprint density at radius 2 is 1.95 bits per heavy atom. The SMILES string of the molecule is COCCC(N)C(=O)N(C)Cc1ccc2ccccc2c1. The van der Waals surface area contributed by atoms with Crippen LogP contribution in [0.4, 0.5) is 0 Å². The molecule has 4 nitrogen and oxygen atoms in total. The van der Waals surface area contributed by atoms with Crippen molar-refractivity contribution in [2.75, 3.05) is 20.8 Å². The maximum absolute atomic E-state index is 12.2. The molecule has 21 heavy (non-hydrogen) atoms. The first-order chi connectivity index (χ1) is 10.1. The van der Waals surface area contributed by atoms with Crippen molar-refractivity contribution < 1.29 is 9.53 Å². The van der Waals surface area contributed by atoms with Gasteiger partial charge in [-0.15, -0.1) is 0 Å². The summed E-state index contributed by atoms with van der Waals surface area (Å²) >= 11 is 0. The molecular formula is C17H22N2O2. The van der Waals surface area contributed by atoms with Crippen LogP contribution in [0.5, 0.6) is 0 Å². The quantitative estimate of drug-likeness (QED) is 0.885. The third-order valence-corrected chi connectivity index (χ3v) is 3.56. The standard InChI is InChI=1S/C17H22N2O2/c1-19(17(20)16(18)9-10-21-2)12-13-7-8-14-5-3-4-6-15(14)11-13/h3-8,11,16H,9-10,12,18H2,1-2H3. The van der Waals surface area contributed by atoms with Gasteiger partial charge in [-0.25, -0.2) is 0 Å². The lowest BCUT2D eigenvalue weighted by Crippen LogP contribution is -2.42. The molecule has 4 heteroatoms. The number of hydrogen-bond donors (Lipinski definition) is 1. The molecule has 1 atom stereocenters. The maximum Gasteiger partial charge on any atom is 0.239 e. The number of fused-ring (bicyclic) bond motifs is 1. The zero-order chi connectivity index (χ0) is 15.2. The number of methoxy groups -OCH3 is 1. The Kier molecular flexibility index (Phi) is 5.31. The summed E-state index contributed by atoms with van der Waals surface area (Å²) in [6.07, 6.45) is 0.539. The average Bonchev–Trinajstić information content (AvgIpc) is 2.51. The number of benzene rings is 2. The van der Waals surface area contributed by atoms with Gasteiger partial charge in [-0.2, -0.15) is 0 Å². The first kappa shape index (κ1) is 15.5. The second kappa shape index (κ2) is 7.20. The molecule has 0 heterocycles. The van der Waals surface area contributed by atoms with Crippen LogP contribution in [0.1, 0.15) is 12.0 Å². The van der Waals surface area contributed by atoms with E-state index >= 15 is 0 Å². The molecule has 0 aromatic heterocycles. The molecule has 0 aliphatic carbocycles. The number of likely N-dealkylation sites (N-methyl/N-ethyl adjacent to an activating group) is 1. The maximum atomic E-state index is 12.2. The van der Waals surface area contributed by atoms with Gasteiger partial charge < -0.3 is 15.4 Å². The highest BCUT2D eigenvalue weighted by Crippen LogP contribution is 2.16. The van der Waals surface area contributed by atoms with E-state index in [1.54, 1.807) is 19.1 Å². The van der Waals surface area contributed by atoms with E-state index in [9.17, 15) is 4.79 Å². The molecule has 2 aromatic carbocycles. The van der Waals surface area contributed by atoms with Gasteiger partial charge in [-0.3, -0.25) is 4.79 Å². The predicted molar refractivity (Wildman–Crippen MR) is 84.9 cm³/mol. The normalized spacial score (nSPS) is 12.3. The topological polar surface area (TPSA) is 55.6 Å². The Hall–Kier alpha value is -1.91. The van der Waals surface area contributed by atoms with E-state index in [0.717, 1.165) is 5.56 Å². The lowest BCUT2D eigenvalue weighted by Gasteiger charge is -2.21. The number of amides is 1. The molecule has 2 rings (SSSR count). The number of rotatable bonds is 6. The Morgan fingerprint density at radius 1 is 1.24 bits per heavy atom. The van der Waals surface area contributed by atoms with Crippen molar-refractivity contribution in [2.24, 2.45) is 5.73 Å². The van der Waals surface area contributed by atoms with E-state index < -0.39 is 6.04 Å². The molecule has 0 fully saturated rings. The first-order valence-corrected chi connectivity index (χ1v) is 7.09. The van der Waals surface area contributed by atoms with Crippen LogP contribution in [0.3, 0.4) is 0 Å². The summed E-state index contributed by atoms with van der Waals surface area (Å²) in [5.41, 5.74) is 6.98. The second-order valence-electron chi connectivity index (χ2n) is 5.26. The highest BCUT2D eigenvalue weighted by Gasteiger charge is 2.17. The Bertz CT molecular complexity index is 613. The number of hydrogen-bond acceptors (Lipinski definition) is 3. The highest BCUT2D eigenvalue weighted by atomic mass is 16.5. The van der Waals surface area contributed by atoms with Crippen LogP contribution in [0.25, 0.3) is 10.8 Å². The molecule has 0 radical (unpaired) electrons. The van der Waals surface area contributed by atoms with Crippen molar-refractivity contribution in [2.45, 2.75) is 19.0 Å². The lowest BCUT2D eigenvalue weighted by molar-refractivity contribution is -0.132. The zero-order valence-electron chi connectivity index (χ0n) is 12.6. The Balaban J connectivity index is 2.03. The lowest BCUT2D eigenvalue weighted by atomic mass is 10.1. The molecule has 0 aliphatic rings. The van der Waals surface area contributed by atoms with Crippen LogP contribution in [-0.4, -0.2) is 37.6 Å². The zero-order valence-corrected chi connectivity index (χ0v) is 12.6. The van der Waals surface area contributed by atoms with Crippen molar-refractivity contribution in [1.29, 1.82) is 0 Å². The van der Waals surface area contributed by atoms with Crippen LogP contribution in [0.15, 0.2) is 42.5 Å². The van der Waals surface area contributed by atoms with Gasteiger partial charge in [0.05, 0.1) is 6.04 Å². The number of carbonyl (C=O) groups is 1. The van der Waals surface area contributed by atoms with Crippen molar-refractivity contribution >= 4 is 16.7 Å². The third-order valence-electron chi connectivity index (χ3n) is 3.56. The minimum Gasteiger partial charge on any atom is -0.385 e. The van der Waals surface area contributed by atoms with Crippen LogP contribution >= 0.6 is 0 Å². The fourth-order valence-corrected chi connectivity index (χ4v) is 2.34. The van der Waals surface area contributed by atoms with E-state index in [-0.39, 0.29) is 5.91 Å². The Morgan fingerprint density at radius 3 is 2.67 bits per heavy atom. The fourth-order valence-electron chi connectivity index (χ4n) is 2.34. The fraction of sp³-hybridized carbons (Fsp3) is 0.353. The molecule has 0 saturated heterocycles. The van der Waals surface area contributed by atoms with Gasteiger partial charge in [-0.1, -0.05) is 36.4 Å². The molecule has 1 unspecified atom stereocenters. The van der Waals surface area contributed by atoms with Gasteiger partial charge >= 0.3 is 0 Å². The van der Waals surface area contributed by atoms with E-state index in [1.165, 1.54) is 10.8 Å². The molecule has 112 valence electrons. The van der Waals surface area contributed by atoms with Crippen molar-refractivity contribution in [3.8, 4) is 0 Å². The summed E-state index contributed by atoms with van der Waals surface area (Å²) < 4.78 is 4.96. The summed E-state index contributed by atoms with van der Waals surface area (Å²) in [5.74, 6) is -0.0554. The van der Waals surface area contributed by atoms with Crippen molar-refractivity contribution in [3.05, 3.63) is 48.0 Å². The average molecular weight is 286 g/mol. The molecule has 0 saturated carbocycles. The van der Waals surface area contributed by atoms with Gasteiger partial charge in [0.25, 0.3) is 0 Å². The molecule has 0 bridgehead atoms. The van der Waals surface area contributed by atoms with Gasteiger partial charge in [0.2, 0.25) is 5.91 Å². The van der Waals surface area contributed by atoms with E-state index in [0.29, 0.717) is 19.6 Å². The number of carbonyl (C=O) groups excluding carboxylic acids is 1. The van der Waals surface area contributed by atoms with Gasteiger partial charge in [-0.05, 0) is 28.8 Å². The van der Waals surface area contributed by atoms with E-state index in [4.69, 9.17) is 10.5 Å². The molecule has 2 aromatic rings. The van der Waals surface area contributed by atoms with Crippen molar-refractivity contribution in [3.63, 3.8) is 0 Å². The summed E-state index contributed by atoms with van der Waals surface area (Å²) in [6.45, 7) is 1.06. The van der Waals surface area contributed by atoms with Crippen LogP contribution in [0, 0.1) is 0 Å². The molecule has 0 aliphatic heterocycles. The predicted octanol–water partition coefficient (Wildman–Crippen LogP) is 2.16. The van der Waals surface area contributed by atoms with Gasteiger partial charge in [0.1, 0.15) is 0 Å². The van der Waals surface area contributed by atoms with Crippen LogP contribution < -0.4 is 5.73 Å². The second-order valence-corrected chi connectivity index (χ2v) is 5.26. The largest absolute Gasteiger partial charge is 0.385 e. The summed E-state index contributed by atoms with van der Waals surface area (Å²) in [5, 5.41) is 2.38. The number of ether oxygens (including phenoxy) is 1. The summed E-state index contributed by atoms with van der Waals surface area (Å²) in [6, 6.07) is 13.9. The Labute approximate surface area is 125 Å². The third kappa shape index (κ3) is 4.03. The smallest absolute Gasteiger partial charge is 0.239 e. The van der Waals surface area contributed by atoms with Gasteiger partial charge in [0, 0.05) is 27.3 Å². The number of nitrogens with zero attached hydrogens (tertiary/aromatic N) is 1. The first-order valence-electron chi connectivity index (χ1n) is 7.09. The minimum atomic E-state index is -0.504. The monoisotopic (exact) mass is 286 g/mol. The van der Waals surface area contributed by atoms with Crippen LogP contribution in [0.2, 0.25) is 0 Å². The molecular weight excluding hydrogens is 264 g/mol. The van der Waals surface area contributed by atoms with E-state index in [1.807, 2.05) is 18.2 Å². The minimum absolute atomic E-state index is 0.0554. The van der Waals surface area contributed by atoms with Crippen LogP contribution in [-0.2, 0) is 16.1 Å². The summed E-state index contributed by atoms with van der Waals surface area (Å²) in [4.78, 5) is 13.8. The highest BCUT2D eigenvalue weighted by molar-refractivity contribution is 5.84. The summed E-state index contributed by atoms with van der Waals surface area (Å²) in [7, 11) is 3.39. The van der Waals surface area contributed by atoms with E-state index in [2.05, 4.69) is 24.3 Å². The molecule has 1 amide bonds. The molecule has 2 N–H and O–H groups in total. The number of nitrogens with two attached hydrogens (primary N) is 1. The van der Waals surface area contributed by atoms with Crippen molar-refractivity contribution in [1.82, 2.24) is 4.90 Å².